The van der Waals surface area contributed by atoms with Crippen LogP contribution in [0.25, 0.3) is 10.9 Å². The number of hydrogen-bond donors (Lipinski definition) is 1. The zero-order chi connectivity index (χ0) is 11.4. The number of nitrogens with two attached hydrogens (primary N) is 1. The summed E-state index contributed by atoms with van der Waals surface area (Å²) in [7, 11) is 0. The minimum Gasteiger partial charge on any atom is -0.337 e. The first-order valence-electron chi connectivity index (χ1n) is 6.79. The fourth-order valence-corrected chi connectivity index (χ4v) is 3.75. The maximum absolute atomic E-state index is 2.59. The molecule has 0 amide bonds. The average molecular weight is 227 g/mol. The van der Waals surface area contributed by atoms with Crippen molar-refractivity contribution in [1.82, 2.24) is 4.57 Å². The molecule has 1 aromatic heterocycles. The van der Waals surface area contributed by atoms with Gasteiger partial charge in [-0.05, 0) is 37.5 Å². The Morgan fingerprint density at radius 2 is 2.29 bits per heavy atom. The number of rotatable bonds is 0. The molecule has 0 saturated heterocycles. The molecule has 2 nitrogen and oxygen atoms in total. The van der Waals surface area contributed by atoms with Crippen LogP contribution in [0.15, 0.2) is 18.2 Å². The van der Waals surface area contributed by atoms with Crippen molar-refractivity contribution in [2.75, 3.05) is 6.54 Å². The van der Waals surface area contributed by atoms with E-state index in [9.17, 15) is 0 Å². The molecule has 0 spiro atoms. The fourth-order valence-electron chi connectivity index (χ4n) is 3.75. The van der Waals surface area contributed by atoms with E-state index < -0.39 is 0 Å². The summed E-state index contributed by atoms with van der Waals surface area (Å²) in [6, 6.07) is 7.70. The van der Waals surface area contributed by atoms with E-state index in [1.807, 2.05) is 0 Å². The smallest absolute Gasteiger partial charge is 0.127 e. The minimum atomic E-state index is 0.736. The zero-order valence-electron chi connectivity index (χ0n) is 10.4. The lowest BCUT2D eigenvalue weighted by Gasteiger charge is -2.27. The van der Waals surface area contributed by atoms with Crippen LogP contribution < -0.4 is 5.32 Å². The van der Waals surface area contributed by atoms with Gasteiger partial charge in [-0.25, -0.2) is 0 Å². The molecule has 0 fully saturated rings. The quantitative estimate of drug-likeness (QED) is 0.710. The lowest BCUT2D eigenvalue weighted by molar-refractivity contribution is -0.704. The van der Waals surface area contributed by atoms with E-state index in [0.29, 0.717) is 0 Å². The number of benzene rings is 1. The Bertz CT molecular complexity index is 592. The molecule has 0 radical (unpaired) electrons. The van der Waals surface area contributed by atoms with Gasteiger partial charge in [-0.3, -0.25) is 0 Å². The van der Waals surface area contributed by atoms with Crippen LogP contribution in [0.4, 0.5) is 0 Å². The molecule has 1 aliphatic carbocycles. The van der Waals surface area contributed by atoms with Crippen molar-refractivity contribution in [2.45, 2.75) is 38.8 Å². The fraction of sp³-hybridized carbons (Fsp3) is 0.467. The number of aryl methyl sites for hydroxylation is 2. The molecule has 1 atom stereocenters. The van der Waals surface area contributed by atoms with E-state index in [4.69, 9.17) is 0 Å². The zero-order valence-corrected chi connectivity index (χ0v) is 10.4. The normalized spacial score (nSPS) is 22.8. The Morgan fingerprint density at radius 3 is 3.24 bits per heavy atom. The SMILES string of the molecule is Cc1ccc2c(c1)c1c3n2CC[NH2+]C3CCC1. The highest BCUT2D eigenvalue weighted by molar-refractivity contribution is 5.86. The second-order valence-corrected chi connectivity index (χ2v) is 5.56. The van der Waals surface area contributed by atoms with Crippen molar-refractivity contribution in [1.29, 1.82) is 0 Å². The summed E-state index contributed by atoms with van der Waals surface area (Å²) in [5, 5.41) is 4.07. The molecule has 2 N–H and O–H groups in total. The molecule has 17 heavy (non-hydrogen) atoms. The van der Waals surface area contributed by atoms with E-state index in [2.05, 4.69) is 35.0 Å². The highest BCUT2D eigenvalue weighted by atomic mass is 15.1. The van der Waals surface area contributed by atoms with Crippen LogP contribution in [0.3, 0.4) is 0 Å². The third kappa shape index (κ3) is 1.25. The molecule has 2 heterocycles. The standard InChI is InChI=1S/C15H18N2/c1-10-5-6-14-12(9-10)11-3-2-4-13-15(11)17(14)8-7-16-13/h5-6,9,13,16H,2-4,7-8H2,1H3/p+1. The van der Waals surface area contributed by atoms with Gasteiger partial charge in [0.1, 0.15) is 6.04 Å². The number of hydrogen-bond acceptors (Lipinski definition) is 0. The predicted molar refractivity (Wildman–Crippen MR) is 69.1 cm³/mol. The molecule has 4 rings (SSSR count). The Hall–Kier alpha value is -1.28. The first-order chi connectivity index (χ1) is 8.34. The lowest BCUT2D eigenvalue weighted by Crippen LogP contribution is -2.88. The van der Waals surface area contributed by atoms with Gasteiger partial charge in [0.25, 0.3) is 0 Å². The first-order valence-corrected chi connectivity index (χ1v) is 6.79. The summed E-state index contributed by atoms with van der Waals surface area (Å²) in [4.78, 5) is 0. The second-order valence-electron chi connectivity index (χ2n) is 5.56. The summed E-state index contributed by atoms with van der Waals surface area (Å²) in [6.45, 7) is 4.63. The molecule has 2 heteroatoms. The summed E-state index contributed by atoms with van der Waals surface area (Å²) in [5.74, 6) is 0. The summed E-state index contributed by atoms with van der Waals surface area (Å²) >= 11 is 0. The summed E-state index contributed by atoms with van der Waals surface area (Å²) in [5.41, 5.74) is 6.16. The first kappa shape index (κ1) is 9.72. The van der Waals surface area contributed by atoms with Crippen molar-refractivity contribution in [3.63, 3.8) is 0 Å². The van der Waals surface area contributed by atoms with Gasteiger partial charge in [0.15, 0.2) is 0 Å². The molecule has 0 bridgehead atoms. The Labute approximate surface area is 102 Å². The van der Waals surface area contributed by atoms with E-state index in [-0.39, 0.29) is 0 Å². The van der Waals surface area contributed by atoms with Crippen LogP contribution >= 0.6 is 0 Å². The van der Waals surface area contributed by atoms with Gasteiger partial charge in [0.2, 0.25) is 0 Å². The summed E-state index contributed by atoms with van der Waals surface area (Å²) < 4.78 is 2.59. The monoisotopic (exact) mass is 227 g/mol. The molecule has 88 valence electrons. The van der Waals surface area contributed by atoms with Gasteiger partial charge in [0, 0.05) is 17.3 Å². The van der Waals surface area contributed by atoms with E-state index in [1.165, 1.54) is 48.8 Å². The van der Waals surface area contributed by atoms with Crippen LogP contribution in [-0.4, -0.2) is 11.1 Å². The Balaban J connectivity index is 2.11. The van der Waals surface area contributed by atoms with Gasteiger partial charge in [-0.2, -0.15) is 0 Å². The second kappa shape index (κ2) is 3.36. The van der Waals surface area contributed by atoms with Crippen LogP contribution in [0, 0.1) is 6.92 Å². The van der Waals surface area contributed by atoms with Crippen LogP contribution in [-0.2, 0) is 13.0 Å². The van der Waals surface area contributed by atoms with Crippen molar-refractivity contribution in [2.24, 2.45) is 0 Å². The third-order valence-corrected chi connectivity index (χ3v) is 4.46. The van der Waals surface area contributed by atoms with Crippen LogP contribution in [0.2, 0.25) is 0 Å². The van der Waals surface area contributed by atoms with Crippen LogP contribution in [0.1, 0.15) is 35.7 Å². The van der Waals surface area contributed by atoms with E-state index >= 15 is 0 Å². The maximum atomic E-state index is 2.59. The molecule has 1 unspecified atom stereocenters. The third-order valence-electron chi connectivity index (χ3n) is 4.46. The number of nitrogens with zero attached hydrogens (tertiary/aromatic N) is 1. The van der Waals surface area contributed by atoms with Crippen molar-refractivity contribution in [3.8, 4) is 0 Å². The van der Waals surface area contributed by atoms with Gasteiger partial charge in [0.05, 0.1) is 18.8 Å². The van der Waals surface area contributed by atoms with E-state index in [0.717, 1.165) is 6.04 Å². The van der Waals surface area contributed by atoms with Gasteiger partial charge in [-0.1, -0.05) is 11.6 Å². The van der Waals surface area contributed by atoms with Crippen LogP contribution in [0.5, 0.6) is 0 Å². The largest absolute Gasteiger partial charge is 0.337 e. The molecule has 1 aromatic carbocycles. The molecule has 0 saturated carbocycles. The van der Waals surface area contributed by atoms with Gasteiger partial charge in [-0.15, -0.1) is 0 Å². The molecular weight excluding hydrogens is 208 g/mol. The lowest BCUT2D eigenvalue weighted by atomic mass is 9.90. The maximum Gasteiger partial charge on any atom is 0.127 e. The Morgan fingerprint density at radius 1 is 1.35 bits per heavy atom. The van der Waals surface area contributed by atoms with E-state index in [1.54, 1.807) is 11.3 Å². The average Bonchev–Trinajstić information content (AvgIpc) is 2.67. The topological polar surface area (TPSA) is 21.5 Å². The highest BCUT2D eigenvalue weighted by Gasteiger charge is 2.32. The van der Waals surface area contributed by atoms with Crippen molar-refractivity contribution >= 4 is 10.9 Å². The Kier molecular flexibility index (Phi) is 1.92. The number of fused-ring (bicyclic) bond motifs is 3. The molecular formula is C15H19N2+. The highest BCUT2D eigenvalue weighted by Crippen LogP contribution is 2.37. The molecule has 2 aliphatic rings. The van der Waals surface area contributed by atoms with Crippen molar-refractivity contribution in [3.05, 3.63) is 35.0 Å². The molecule has 1 aliphatic heterocycles. The van der Waals surface area contributed by atoms with Gasteiger partial charge < -0.3 is 9.88 Å². The minimum absolute atomic E-state index is 0.736. The number of aromatic nitrogens is 1. The van der Waals surface area contributed by atoms with Gasteiger partial charge >= 0.3 is 0 Å². The number of quaternary nitrogens is 1. The van der Waals surface area contributed by atoms with Crippen molar-refractivity contribution < 1.29 is 5.32 Å². The predicted octanol–water partition coefficient (Wildman–Crippen LogP) is 1.90. The summed E-state index contributed by atoms with van der Waals surface area (Å²) in [6.07, 6.45) is 4.01. The molecule has 2 aromatic rings.